The number of rotatable bonds is 6. The van der Waals surface area contributed by atoms with Crippen LogP contribution in [0.3, 0.4) is 0 Å². The number of aromatic nitrogens is 5. The van der Waals surface area contributed by atoms with Crippen LogP contribution in [0, 0.1) is 5.82 Å². The van der Waals surface area contributed by atoms with E-state index in [1.54, 1.807) is 41.5 Å². The Morgan fingerprint density at radius 1 is 1.28 bits per heavy atom. The molecule has 4 rings (SSSR count). The first-order valence-corrected chi connectivity index (χ1v) is 9.13. The highest BCUT2D eigenvalue weighted by molar-refractivity contribution is 5.89. The Balaban J connectivity index is 1.77. The van der Waals surface area contributed by atoms with Gasteiger partial charge in [-0.25, -0.2) is 9.37 Å². The van der Waals surface area contributed by atoms with Crippen LogP contribution in [0.1, 0.15) is 25.8 Å². The molecule has 3 heterocycles. The van der Waals surface area contributed by atoms with Crippen molar-refractivity contribution in [2.75, 3.05) is 7.11 Å². The molecular weight excluding hydrogens is 375 g/mol. The molecule has 150 valence electrons. The van der Waals surface area contributed by atoms with Crippen LogP contribution in [-0.2, 0) is 0 Å². The van der Waals surface area contributed by atoms with Gasteiger partial charge in [0.15, 0.2) is 5.82 Å². The van der Waals surface area contributed by atoms with Crippen LogP contribution in [-0.4, -0.2) is 43.0 Å². The van der Waals surface area contributed by atoms with E-state index in [4.69, 9.17) is 4.74 Å². The largest absolute Gasteiger partial charge is 0.496 e. The summed E-state index contributed by atoms with van der Waals surface area (Å²) in [7, 11) is 1.49. The molecule has 0 aliphatic heterocycles. The van der Waals surface area contributed by atoms with Gasteiger partial charge in [-0.1, -0.05) is 6.07 Å². The number of fused-ring (bicyclic) bond motifs is 1. The van der Waals surface area contributed by atoms with E-state index in [2.05, 4.69) is 25.5 Å². The average Bonchev–Trinajstić information content (AvgIpc) is 3.33. The minimum Gasteiger partial charge on any atom is -0.496 e. The van der Waals surface area contributed by atoms with Crippen LogP contribution in [0.15, 0.2) is 43.0 Å². The second-order valence-electron chi connectivity index (χ2n) is 6.91. The maximum atomic E-state index is 14.5. The fourth-order valence-corrected chi connectivity index (χ4v) is 3.16. The third-order valence-electron chi connectivity index (χ3n) is 4.50. The molecule has 4 aromatic rings. The number of pyridine rings is 1. The highest BCUT2D eigenvalue weighted by atomic mass is 19.1. The Bertz CT molecular complexity index is 1150. The Morgan fingerprint density at radius 3 is 2.86 bits per heavy atom. The fraction of sp³-hybridized carbons (Fsp3) is 0.250. The number of nitrogens with zero attached hydrogens (tertiary/aromatic N) is 4. The number of hydrogen-bond acceptors (Lipinski definition) is 6. The summed E-state index contributed by atoms with van der Waals surface area (Å²) in [6, 6.07) is 6.49. The van der Waals surface area contributed by atoms with Crippen molar-refractivity contribution >= 4 is 10.9 Å². The molecule has 29 heavy (non-hydrogen) atoms. The molecule has 9 heteroatoms. The molecule has 1 unspecified atom stereocenters. The lowest BCUT2D eigenvalue weighted by molar-refractivity contribution is 0.125. The summed E-state index contributed by atoms with van der Waals surface area (Å²) < 4.78 is 21.5. The maximum Gasteiger partial charge on any atom is 0.167 e. The summed E-state index contributed by atoms with van der Waals surface area (Å²) in [5.41, 5.74) is 1.87. The number of methoxy groups -OCH3 is 1. The summed E-state index contributed by atoms with van der Waals surface area (Å²) in [5, 5.41) is 21.2. The van der Waals surface area contributed by atoms with Crippen molar-refractivity contribution in [1.82, 2.24) is 30.0 Å². The summed E-state index contributed by atoms with van der Waals surface area (Å²) in [4.78, 5) is 8.61. The Kier molecular flexibility index (Phi) is 4.99. The van der Waals surface area contributed by atoms with Gasteiger partial charge < -0.3 is 9.84 Å². The van der Waals surface area contributed by atoms with E-state index in [0.29, 0.717) is 28.5 Å². The first-order chi connectivity index (χ1) is 14.0. The Morgan fingerprint density at radius 2 is 2.10 bits per heavy atom. The zero-order chi connectivity index (χ0) is 20.5. The van der Waals surface area contributed by atoms with Gasteiger partial charge in [0, 0.05) is 17.6 Å². The lowest BCUT2D eigenvalue weighted by atomic mass is 10.1. The predicted octanol–water partition coefficient (Wildman–Crippen LogP) is 2.95. The quantitative estimate of drug-likeness (QED) is 0.433. The number of halogens is 1. The highest BCUT2D eigenvalue weighted by Gasteiger charge is 2.18. The van der Waals surface area contributed by atoms with Crippen molar-refractivity contribution in [3.63, 3.8) is 0 Å². The number of imidazole rings is 1. The molecule has 1 atom stereocenters. The minimum atomic E-state index is -0.888. The first-order valence-electron chi connectivity index (χ1n) is 9.13. The lowest BCUT2D eigenvalue weighted by Crippen LogP contribution is -2.28. The van der Waals surface area contributed by atoms with Gasteiger partial charge >= 0.3 is 0 Å². The molecule has 0 aliphatic carbocycles. The van der Waals surface area contributed by atoms with Crippen molar-refractivity contribution in [3.05, 3.63) is 54.5 Å². The minimum absolute atomic E-state index is 0.103. The van der Waals surface area contributed by atoms with Crippen molar-refractivity contribution in [3.8, 4) is 22.8 Å². The van der Waals surface area contributed by atoms with E-state index in [-0.39, 0.29) is 11.6 Å². The molecule has 3 N–H and O–H groups in total. The van der Waals surface area contributed by atoms with Crippen LogP contribution < -0.4 is 10.1 Å². The van der Waals surface area contributed by atoms with Crippen LogP contribution in [0.25, 0.3) is 28.0 Å². The van der Waals surface area contributed by atoms with Crippen LogP contribution in [0.4, 0.5) is 4.39 Å². The summed E-state index contributed by atoms with van der Waals surface area (Å²) in [6.45, 7) is 3.87. The second kappa shape index (κ2) is 7.61. The zero-order valence-corrected chi connectivity index (χ0v) is 16.2. The van der Waals surface area contributed by atoms with Crippen molar-refractivity contribution in [1.29, 1.82) is 0 Å². The molecule has 0 amide bonds. The normalized spacial score (nSPS) is 12.6. The van der Waals surface area contributed by atoms with E-state index in [0.717, 1.165) is 5.39 Å². The number of H-pyrrole nitrogens is 1. The van der Waals surface area contributed by atoms with E-state index in [1.807, 2.05) is 13.8 Å². The Hall–Kier alpha value is -3.30. The van der Waals surface area contributed by atoms with Crippen molar-refractivity contribution < 1.29 is 14.2 Å². The number of aromatic amines is 1. The molecule has 3 aromatic heterocycles. The van der Waals surface area contributed by atoms with Gasteiger partial charge in [0.25, 0.3) is 0 Å². The monoisotopic (exact) mass is 396 g/mol. The van der Waals surface area contributed by atoms with Gasteiger partial charge in [0.2, 0.25) is 0 Å². The fourth-order valence-electron chi connectivity index (χ4n) is 3.16. The van der Waals surface area contributed by atoms with Gasteiger partial charge in [0.1, 0.15) is 29.8 Å². The van der Waals surface area contributed by atoms with Gasteiger partial charge in [-0.2, -0.15) is 5.10 Å². The molecule has 1 aromatic carbocycles. The standard InChI is InChI=1S/C20H21FN6O2/c1-11(2)24-20(28)16-9-27(10-23-16)19-12-7-14(22-8-15(12)25-26-19)18-13(21)5-4-6-17(18)29-3/h4-11,20,24,28H,1-3H3,(H,25,26). The third kappa shape index (κ3) is 3.57. The van der Waals surface area contributed by atoms with Crippen LogP contribution in [0.5, 0.6) is 5.75 Å². The molecule has 0 spiro atoms. The molecule has 0 fully saturated rings. The number of aliphatic hydroxyl groups excluding tert-OH is 1. The maximum absolute atomic E-state index is 14.5. The molecule has 0 radical (unpaired) electrons. The van der Waals surface area contributed by atoms with E-state index >= 15 is 0 Å². The molecule has 0 saturated heterocycles. The SMILES string of the molecule is COc1cccc(F)c1-c1cc2c(-n3cnc(C(O)NC(C)C)c3)n[nH]c2cn1. The molecule has 8 nitrogen and oxygen atoms in total. The average molecular weight is 396 g/mol. The van der Waals surface area contributed by atoms with Gasteiger partial charge in [0.05, 0.1) is 30.1 Å². The third-order valence-corrected chi connectivity index (χ3v) is 4.50. The summed E-state index contributed by atoms with van der Waals surface area (Å²) in [6.07, 6.45) is 3.97. The Labute approximate surface area is 166 Å². The zero-order valence-electron chi connectivity index (χ0n) is 16.2. The van der Waals surface area contributed by atoms with Gasteiger partial charge in [-0.3, -0.25) is 20.0 Å². The number of hydrogen-bond donors (Lipinski definition) is 3. The van der Waals surface area contributed by atoms with Gasteiger partial charge in [-0.15, -0.1) is 0 Å². The van der Waals surface area contributed by atoms with Crippen molar-refractivity contribution in [2.24, 2.45) is 0 Å². The van der Waals surface area contributed by atoms with E-state index < -0.39 is 12.0 Å². The summed E-state index contributed by atoms with van der Waals surface area (Å²) in [5.74, 6) is 0.540. The van der Waals surface area contributed by atoms with Crippen molar-refractivity contribution in [2.45, 2.75) is 26.1 Å². The van der Waals surface area contributed by atoms with Crippen LogP contribution >= 0.6 is 0 Å². The highest BCUT2D eigenvalue weighted by Crippen LogP contribution is 2.33. The van der Waals surface area contributed by atoms with Crippen LogP contribution in [0.2, 0.25) is 0 Å². The predicted molar refractivity (Wildman–Crippen MR) is 106 cm³/mol. The first kappa shape index (κ1) is 19.0. The second-order valence-corrected chi connectivity index (χ2v) is 6.91. The number of ether oxygens (including phenoxy) is 1. The van der Waals surface area contributed by atoms with Gasteiger partial charge in [-0.05, 0) is 32.0 Å². The lowest BCUT2D eigenvalue weighted by Gasteiger charge is -2.13. The van der Waals surface area contributed by atoms with E-state index in [9.17, 15) is 9.50 Å². The number of benzene rings is 1. The van der Waals surface area contributed by atoms with E-state index in [1.165, 1.54) is 13.2 Å². The topological polar surface area (TPSA) is 101 Å². The molecule has 0 bridgehead atoms. The number of aliphatic hydroxyl groups is 1. The molecule has 0 saturated carbocycles. The summed E-state index contributed by atoms with van der Waals surface area (Å²) >= 11 is 0. The number of nitrogens with one attached hydrogen (secondary N) is 2. The molecular formula is C20H21FN6O2. The molecule has 0 aliphatic rings. The smallest absolute Gasteiger partial charge is 0.167 e.